The highest BCUT2D eigenvalue weighted by molar-refractivity contribution is 6.19. The zero-order valence-electron chi connectivity index (χ0n) is 38.8. The van der Waals surface area contributed by atoms with Crippen molar-refractivity contribution in [2.24, 2.45) is 0 Å². The first-order valence-corrected chi connectivity index (χ1v) is 23.3. The molecule has 0 atom stereocenters. The van der Waals surface area contributed by atoms with Gasteiger partial charge >= 0.3 is 0 Å². The number of hydrogen-bond donors (Lipinski definition) is 0. The first kappa shape index (κ1) is 41.8. The molecule has 7 aromatic carbocycles. The molecule has 0 bridgehead atoms. The van der Waals surface area contributed by atoms with Crippen LogP contribution in [0.25, 0.3) is 82.7 Å². The van der Waals surface area contributed by atoms with Gasteiger partial charge in [0.25, 0.3) is 0 Å². The van der Waals surface area contributed by atoms with E-state index in [9.17, 15) is 0 Å². The van der Waals surface area contributed by atoms with Gasteiger partial charge in [-0.3, -0.25) is 0 Å². The molecule has 65 heavy (non-hydrogen) atoms. The van der Waals surface area contributed by atoms with Crippen LogP contribution in [0.1, 0.15) is 101 Å². The first-order chi connectivity index (χ1) is 31.6. The summed E-state index contributed by atoms with van der Waals surface area (Å²) in [5.74, 6) is 1.52. The number of benzene rings is 7. The van der Waals surface area contributed by atoms with Crippen LogP contribution >= 0.6 is 0 Å². The molecule has 0 radical (unpaired) electrons. The molecule has 10 rings (SSSR count). The van der Waals surface area contributed by atoms with Crippen molar-refractivity contribution in [1.29, 1.82) is 0 Å². The molecule has 5 nitrogen and oxygen atoms in total. The maximum Gasteiger partial charge on any atom is 0.0667 e. The zero-order chi connectivity index (χ0) is 44.9. The smallest absolute Gasteiger partial charge is 0.0667 e. The van der Waals surface area contributed by atoms with Crippen molar-refractivity contribution in [2.45, 2.75) is 79.1 Å². The van der Waals surface area contributed by atoms with E-state index in [2.05, 4.69) is 229 Å². The Bertz CT molecular complexity index is 3410. The summed E-state index contributed by atoms with van der Waals surface area (Å²) in [6.45, 7) is 18.2. The van der Waals surface area contributed by atoms with Crippen LogP contribution < -0.4 is 0 Å². The minimum Gasteiger partial charge on any atom is -0.309 e. The first-order valence-electron chi connectivity index (χ1n) is 23.3. The summed E-state index contributed by atoms with van der Waals surface area (Å²) in [7, 11) is 0. The standard InChI is InChI=1S/C60H57N5/c1-38(2)47-25-16-26-48(39(3)4)59(47)42-34-61-63(36-42)44-18-15-19-46(32-44)65-57-29-14-13-24-55(57)53-22-11-9-20-51(53)52-21-10-12-23-54(52)56-31-30-45(33-58(56)65)64-37-43(35-62-64)60-49(40(5)6)27-17-28-50(60)41(7)8/h9-41H,1-8H3. The molecule has 0 unspecified atom stereocenters. The molecule has 0 saturated heterocycles. The van der Waals surface area contributed by atoms with Crippen LogP contribution in [0.2, 0.25) is 0 Å². The van der Waals surface area contributed by atoms with Crippen LogP contribution in [-0.2, 0) is 0 Å². The molecule has 10 aromatic rings. The van der Waals surface area contributed by atoms with Crippen LogP contribution in [0, 0.1) is 0 Å². The molecule has 0 amide bonds. The van der Waals surface area contributed by atoms with Gasteiger partial charge < -0.3 is 4.57 Å². The van der Waals surface area contributed by atoms with Gasteiger partial charge in [0.15, 0.2) is 0 Å². The Labute approximate surface area is 382 Å². The van der Waals surface area contributed by atoms with E-state index in [0.29, 0.717) is 23.7 Å². The Morgan fingerprint density at radius 1 is 0.338 bits per heavy atom. The number of rotatable bonds is 9. The molecule has 0 aliphatic heterocycles. The fraction of sp³-hybridized carbons (Fsp3) is 0.200. The molecule has 3 aromatic heterocycles. The zero-order valence-corrected chi connectivity index (χ0v) is 38.8. The van der Waals surface area contributed by atoms with E-state index < -0.39 is 0 Å². The molecular weight excluding hydrogens is 791 g/mol. The van der Waals surface area contributed by atoms with Crippen LogP contribution in [0.3, 0.4) is 0 Å². The quantitative estimate of drug-likeness (QED) is 0.145. The third-order valence-corrected chi connectivity index (χ3v) is 13.2. The van der Waals surface area contributed by atoms with Gasteiger partial charge in [0.1, 0.15) is 0 Å². The van der Waals surface area contributed by atoms with Crippen LogP contribution in [0.5, 0.6) is 0 Å². The molecular formula is C60H57N5. The van der Waals surface area contributed by atoms with Gasteiger partial charge in [-0.05, 0) is 115 Å². The van der Waals surface area contributed by atoms with Gasteiger partial charge in [-0.1, -0.05) is 171 Å². The lowest BCUT2D eigenvalue weighted by Crippen LogP contribution is -2.02. The summed E-state index contributed by atoms with van der Waals surface area (Å²) in [6.07, 6.45) is 8.49. The van der Waals surface area contributed by atoms with Crippen LogP contribution in [0.15, 0.2) is 176 Å². The summed E-state index contributed by atoms with van der Waals surface area (Å²) in [4.78, 5) is 0. The van der Waals surface area contributed by atoms with Gasteiger partial charge in [0, 0.05) is 40.0 Å². The summed E-state index contributed by atoms with van der Waals surface area (Å²) < 4.78 is 6.54. The minimum absolute atomic E-state index is 0.377. The third kappa shape index (κ3) is 7.49. The summed E-state index contributed by atoms with van der Waals surface area (Å²) in [6, 6.07) is 55.7. The predicted octanol–water partition coefficient (Wildman–Crippen LogP) is 16.4. The second-order valence-electron chi connectivity index (χ2n) is 18.8. The molecule has 5 heteroatoms. The van der Waals surface area contributed by atoms with Crippen LogP contribution in [-0.4, -0.2) is 24.1 Å². The monoisotopic (exact) mass is 847 g/mol. The number of fused-ring (bicyclic) bond motifs is 7. The van der Waals surface area contributed by atoms with E-state index >= 15 is 0 Å². The lowest BCUT2D eigenvalue weighted by molar-refractivity contribution is 0.838. The Morgan fingerprint density at radius 2 is 0.723 bits per heavy atom. The van der Waals surface area contributed by atoms with Crippen molar-refractivity contribution >= 4 is 43.4 Å². The van der Waals surface area contributed by atoms with E-state index in [4.69, 9.17) is 10.2 Å². The molecule has 0 saturated carbocycles. The largest absolute Gasteiger partial charge is 0.309 e. The predicted molar refractivity (Wildman–Crippen MR) is 275 cm³/mol. The SMILES string of the molecule is CC(C)c1cccc(C(C)C)c1-c1cnn(-c2cccc(-n3c4ccccc4c4ccccc4c4ccccc4c4ccc(-n5cc(-c6c(C(C)C)cccc6C(C)C)cn5)cc43)c2)c1. The molecule has 0 aliphatic carbocycles. The van der Waals surface area contributed by atoms with E-state index in [1.165, 1.54) is 54.9 Å². The van der Waals surface area contributed by atoms with Gasteiger partial charge in [0.2, 0.25) is 0 Å². The summed E-state index contributed by atoms with van der Waals surface area (Å²) in [5, 5.41) is 17.2. The fourth-order valence-electron chi connectivity index (χ4n) is 10.0. The molecule has 0 aliphatic rings. The Balaban J connectivity index is 1.26. The fourth-order valence-corrected chi connectivity index (χ4v) is 10.0. The highest BCUT2D eigenvalue weighted by Crippen LogP contribution is 2.40. The van der Waals surface area contributed by atoms with Crippen molar-refractivity contribution in [3.8, 4) is 39.3 Å². The van der Waals surface area contributed by atoms with Crippen molar-refractivity contribution in [1.82, 2.24) is 24.1 Å². The number of nitrogens with zero attached hydrogens (tertiary/aromatic N) is 5. The van der Waals surface area contributed by atoms with Gasteiger partial charge in [0.05, 0.1) is 34.8 Å². The van der Waals surface area contributed by atoms with Crippen molar-refractivity contribution < 1.29 is 0 Å². The number of hydrogen-bond acceptors (Lipinski definition) is 2. The second-order valence-corrected chi connectivity index (χ2v) is 18.8. The summed E-state index contributed by atoms with van der Waals surface area (Å²) in [5.41, 5.74) is 15.4. The molecule has 0 fully saturated rings. The van der Waals surface area contributed by atoms with Gasteiger partial charge in [-0.25, -0.2) is 9.36 Å². The second kappa shape index (κ2) is 17.0. The van der Waals surface area contributed by atoms with Crippen LogP contribution in [0.4, 0.5) is 0 Å². The van der Waals surface area contributed by atoms with E-state index in [1.807, 2.05) is 17.1 Å². The van der Waals surface area contributed by atoms with Crippen molar-refractivity contribution in [3.05, 3.63) is 199 Å². The lowest BCUT2D eigenvalue weighted by Gasteiger charge is -2.18. The Kier molecular flexibility index (Phi) is 10.9. The van der Waals surface area contributed by atoms with Crippen molar-refractivity contribution in [3.63, 3.8) is 0 Å². The van der Waals surface area contributed by atoms with Gasteiger partial charge in [-0.15, -0.1) is 0 Å². The minimum atomic E-state index is 0.377. The Hall–Kier alpha value is -7.24. The average molecular weight is 848 g/mol. The van der Waals surface area contributed by atoms with E-state index in [0.717, 1.165) is 50.0 Å². The van der Waals surface area contributed by atoms with E-state index in [-0.39, 0.29) is 0 Å². The molecule has 3 heterocycles. The number of aromatic nitrogens is 5. The average Bonchev–Trinajstić information content (AvgIpc) is 4.03. The molecule has 0 spiro atoms. The lowest BCUT2D eigenvalue weighted by atomic mass is 9.86. The normalized spacial score (nSPS) is 11.9. The highest BCUT2D eigenvalue weighted by atomic mass is 15.3. The molecule has 0 N–H and O–H groups in total. The van der Waals surface area contributed by atoms with Crippen molar-refractivity contribution in [2.75, 3.05) is 0 Å². The third-order valence-electron chi connectivity index (χ3n) is 13.2. The summed E-state index contributed by atoms with van der Waals surface area (Å²) >= 11 is 0. The molecule has 322 valence electrons. The maximum absolute atomic E-state index is 5.09. The number of para-hydroxylation sites is 1. The highest BCUT2D eigenvalue weighted by Gasteiger charge is 2.20. The maximum atomic E-state index is 5.09. The van der Waals surface area contributed by atoms with Gasteiger partial charge in [-0.2, -0.15) is 10.2 Å². The topological polar surface area (TPSA) is 40.6 Å². The van der Waals surface area contributed by atoms with E-state index in [1.54, 1.807) is 0 Å². The Morgan fingerprint density at radius 3 is 1.20 bits per heavy atom.